The van der Waals surface area contributed by atoms with Crippen LogP contribution in [0.4, 0.5) is 13.2 Å². The molecule has 26 heavy (non-hydrogen) atoms. The zero-order chi connectivity index (χ0) is 18.1. The Morgan fingerprint density at radius 3 is 2.54 bits per heavy atom. The molecular weight excluding hydrogens is 341 g/mol. The number of fused-ring (bicyclic) bond motifs is 1. The fourth-order valence-corrected chi connectivity index (χ4v) is 3.00. The fraction of sp³-hybridized carbons (Fsp3) is 0.105. The van der Waals surface area contributed by atoms with E-state index in [1.165, 1.54) is 18.7 Å². The maximum absolute atomic E-state index is 13.1. The highest BCUT2D eigenvalue weighted by Gasteiger charge is 2.31. The van der Waals surface area contributed by atoms with Gasteiger partial charge in [-0.05, 0) is 41.5 Å². The monoisotopic (exact) mass is 354 g/mol. The van der Waals surface area contributed by atoms with Crippen molar-refractivity contribution in [3.05, 3.63) is 90.1 Å². The van der Waals surface area contributed by atoms with Crippen molar-refractivity contribution in [3.8, 4) is 0 Å². The summed E-state index contributed by atoms with van der Waals surface area (Å²) in [4.78, 5) is 8.22. The van der Waals surface area contributed by atoms with E-state index in [2.05, 4.69) is 15.1 Å². The molecule has 2 heterocycles. The molecule has 0 saturated carbocycles. The van der Waals surface area contributed by atoms with Gasteiger partial charge in [-0.2, -0.15) is 18.3 Å². The van der Waals surface area contributed by atoms with Crippen LogP contribution < -0.4 is 0 Å². The van der Waals surface area contributed by atoms with Gasteiger partial charge in [0.15, 0.2) is 0 Å². The van der Waals surface area contributed by atoms with Crippen LogP contribution in [0.1, 0.15) is 22.7 Å². The lowest BCUT2D eigenvalue weighted by Gasteiger charge is -2.20. The summed E-state index contributed by atoms with van der Waals surface area (Å²) in [5, 5.41) is 5.05. The van der Waals surface area contributed by atoms with E-state index in [4.69, 9.17) is 0 Å². The van der Waals surface area contributed by atoms with E-state index in [-0.39, 0.29) is 0 Å². The first-order valence-corrected chi connectivity index (χ1v) is 7.88. The normalized spacial score (nSPS) is 13.0. The van der Waals surface area contributed by atoms with Gasteiger partial charge in [0, 0.05) is 11.6 Å². The van der Waals surface area contributed by atoms with Crippen molar-refractivity contribution in [2.75, 3.05) is 0 Å². The van der Waals surface area contributed by atoms with Gasteiger partial charge in [0.2, 0.25) is 0 Å². The quantitative estimate of drug-likeness (QED) is 0.545. The van der Waals surface area contributed by atoms with Gasteiger partial charge >= 0.3 is 6.18 Å². The number of halogens is 3. The van der Waals surface area contributed by atoms with E-state index in [1.54, 1.807) is 16.9 Å². The molecule has 0 unspecified atom stereocenters. The molecule has 4 nitrogen and oxygen atoms in total. The summed E-state index contributed by atoms with van der Waals surface area (Å²) in [5.41, 5.74) is 1.41. The molecule has 0 amide bonds. The summed E-state index contributed by atoms with van der Waals surface area (Å²) in [6.45, 7) is 0. The summed E-state index contributed by atoms with van der Waals surface area (Å²) in [5.74, 6) is 0. The largest absolute Gasteiger partial charge is 0.416 e. The molecule has 0 aliphatic rings. The average Bonchev–Trinajstić information content (AvgIpc) is 3.16. The minimum atomic E-state index is -4.41. The van der Waals surface area contributed by atoms with Crippen molar-refractivity contribution in [2.24, 2.45) is 0 Å². The highest BCUT2D eigenvalue weighted by Crippen LogP contribution is 2.34. The van der Waals surface area contributed by atoms with Crippen molar-refractivity contribution in [1.82, 2.24) is 19.7 Å². The van der Waals surface area contributed by atoms with Crippen molar-refractivity contribution in [1.29, 1.82) is 0 Å². The number of hydrogen-bond donors (Lipinski definition) is 0. The van der Waals surface area contributed by atoms with Gasteiger partial charge in [0.25, 0.3) is 0 Å². The molecule has 4 aromatic rings. The first-order valence-electron chi connectivity index (χ1n) is 7.88. The molecule has 0 aliphatic heterocycles. The first-order chi connectivity index (χ1) is 12.5. The van der Waals surface area contributed by atoms with E-state index >= 15 is 0 Å². The summed E-state index contributed by atoms with van der Waals surface area (Å²) in [7, 11) is 0. The lowest BCUT2D eigenvalue weighted by atomic mass is 9.96. The second kappa shape index (κ2) is 6.25. The predicted octanol–water partition coefficient (Wildman–Crippen LogP) is 4.48. The molecule has 0 spiro atoms. The van der Waals surface area contributed by atoms with Gasteiger partial charge < -0.3 is 0 Å². The van der Waals surface area contributed by atoms with Gasteiger partial charge in [-0.1, -0.05) is 24.3 Å². The zero-order valence-electron chi connectivity index (χ0n) is 13.4. The molecule has 4 rings (SSSR count). The van der Waals surface area contributed by atoms with Gasteiger partial charge in [0.1, 0.15) is 18.7 Å². The van der Waals surface area contributed by atoms with E-state index < -0.39 is 17.8 Å². The van der Waals surface area contributed by atoms with E-state index in [0.29, 0.717) is 5.56 Å². The van der Waals surface area contributed by atoms with Crippen molar-refractivity contribution < 1.29 is 13.2 Å². The van der Waals surface area contributed by atoms with Crippen LogP contribution in [0.15, 0.2) is 73.4 Å². The summed E-state index contributed by atoms with van der Waals surface area (Å²) in [6, 6.07) is 14.1. The first kappa shape index (κ1) is 16.3. The topological polar surface area (TPSA) is 43.6 Å². The SMILES string of the molecule is FC(F)(F)c1cccc([C@@H](c2ccc3ncccc3c2)n2cncn2)c1. The van der Waals surface area contributed by atoms with Gasteiger partial charge in [-0.15, -0.1) is 0 Å². The molecular formula is C19H13F3N4. The maximum Gasteiger partial charge on any atom is 0.416 e. The van der Waals surface area contributed by atoms with Gasteiger partial charge in [-0.3, -0.25) is 4.98 Å². The molecule has 0 saturated heterocycles. The number of aromatic nitrogens is 4. The van der Waals surface area contributed by atoms with Gasteiger partial charge in [0.05, 0.1) is 11.1 Å². The van der Waals surface area contributed by atoms with E-state index in [0.717, 1.165) is 28.6 Å². The Labute approximate surface area is 147 Å². The molecule has 0 radical (unpaired) electrons. The minimum absolute atomic E-state index is 0.480. The molecule has 130 valence electrons. The number of hydrogen-bond acceptors (Lipinski definition) is 3. The van der Waals surface area contributed by atoms with Crippen molar-refractivity contribution >= 4 is 10.9 Å². The molecule has 7 heteroatoms. The van der Waals surface area contributed by atoms with Crippen molar-refractivity contribution in [2.45, 2.75) is 12.2 Å². The smallest absolute Gasteiger partial charge is 0.256 e. The Balaban J connectivity index is 1.88. The lowest BCUT2D eigenvalue weighted by Crippen LogP contribution is -2.14. The number of nitrogens with zero attached hydrogens (tertiary/aromatic N) is 4. The third kappa shape index (κ3) is 3.03. The second-order valence-corrected chi connectivity index (χ2v) is 5.86. The zero-order valence-corrected chi connectivity index (χ0v) is 13.4. The van der Waals surface area contributed by atoms with Crippen LogP contribution in [0.3, 0.4) is 0 Å². The Morgan fingerprint density at radius 2 is 1.77 bits per heavy atom. The predicted molar refractivity (Wildman–Crippen MR) is 90.5 cm³/mol. The van der Waals surface area contributed by atoms with Crippen LogP contribution in [-0.2, 0) is 6.18 Å². The van der Waals surface area contributed by atoms with Crippen LogP contribution in [0, 0.1) is 0 Å². The van der Waals surface area contributed by atoms with Crippen LogP contribution in [-0.4, -0.2) is 19.7 Å². The third-order valence-electron chi connectivity index (χ3n) is 4.17. The molecule has 0 aliphatic carbocycles. The summed E-state index contributed by atoms with van der Waals surface area (Å²) in [6.07, 6.45) is 0.154. The number of benzene rings is 2. The average molecular weight is 354 g/mol. The number of pyridine rings is 1. The fourth-order valence-electron chi connectivity index (χ4n) is 3.00. The second-order valence-electron chi connectivity index (χ2n) is 5.86. The maximum atomic E-state index is 13.1. The molecule has 2 aromatic carbocycles. The lowest BCUT2D eigenvalue weighted by molar-refractivity contribution is -0.137. The van der Waals surface area contributed by atoms with Crippen LogP contribution >= 0.6 is 0 Å². The Hall–Kier alpha value is -3.22. The third-order valence-corrected chi connectivity index (χ3v) is 4.17. The molecule has 0 N–H and O–H groups in total. The molecule has 0 fully saturated rings. The van der Waals surface area contributed by atoms with Crippen LogP contribution in [0.2, 0.25) is 0 Å². The molecule has 0 bridgehead atoms. The number of rotatable bonds is 3. The molecule has 2 aromatic heterocycles. The van der Waals surface area contributed by atoms with E-state index in [9.17, 15) is 13.2 Å². The highest BCUT2D eigenvalue weighted by molar-refractivity contribution is 5.79. The Bertz CT molecular complexity index is 1040. The van der Waals surface area contributed by atoms with Crippen molar-refractivity contribution in [3.63, 3.8) is 0 Å². The minimum Gasteiger partial charge on any atom is -0.256 e. The van der Waals surface area contributed by atoms with Crippen LogP contribution in [0.5, 0.6) is 0 Å². The van der Waals surface area contributed by atoms with Gasteiger partial charge in [-0.25, -0.2) is 9.67 Å². The summed E-state index contributed by atoms with van der Waals surface area (Å²) >= 11 is 0. The highest BCUT2D eigenvalue weighted by atomic mass is 19.4. The molecule has 1 atom stereocenters. The Morgan fingerprint density at radius 1 is 0.923 bits per heavy atom. The van der Waals surface area contributed by atoms with E-state index in [1.807, 2.05) is 30.3 Å². The Kier molecular flexibility index (Phi) is 3.91. The summed E-state index contributed by atoms with van der Waals surface area (Å²) < 4.78 is 41.0. The number of alkyl halides is 3. The standard InChI is InChI=1S/C19H13F3N4/c20-19(21,22)16-5-1-3-14(10-16)18(26-12-23-11-25-26)15-6-7-17-13(9-15)4-2-8-24-17/h1-12,18H/t18-/m0/s1. The van der Waals surface area contributed by atoms with Crippen LogP contribution in [0.25, 0.3) is 10.9 Å².